The number of aryl methyl sites for hydroxylation is 1. The Balaban J connectivity index is 1.73. The summed E-state index contributed by atoms with van der Waals surface area (Å²) in [6.07, 6.45) is 5.95. The first-order chi connectivity index (χ1) is 12.5. The minimum absolute atomic E-state index is 0.302. The number of methoxy groups -OCH3 is 1. The summed E-state index contributed by atoms with van der Waals surface area (Å²) in [7, 11) is 1.55. The molecule has 1 saturated carbocycles. The van der Waals surface area contributed by atoms with Crippen LogP contribution in [0.3, 0.4) is 0 Å². The SMILES string of the molecule is COc1ccc(NC(=O)c2cc(C)nc(NC3CCCCC3)n2)cc1Cl. The van der Waals surface area contributed by atoms with Gasteiger partial charge in [-0.25, -0.2) is 9.97 Å². The molecule has 1 aliphatic rings. The zero-order valence-corrected chi connectivity index (χ0v) is 15.8. The molecule has 138 valence electrons. The lowest BCUT2D eigenvalue weighted by Crippen LogP contribution is -2.24. The molecule has 1 amide bonds. The highest BCUT2D eigenvalue weighted by Gasteiger charge is 2.16. The van der Waals surface area contributed by atoms with Crippen molar-refractivity contribution in [2.45, 2.75) is 45.1 Å². The number of hydrogen-bond acceptors (Lipinski definition) is 5. The van der Waals surface area contributed by atoms with Crippen LogP contribution in [0.1, 0.15) is 48.3 Å². The van der Waals surface area contributed by atoms with Crippen LogP contribution >= 0.6 is 11.6 Å². The summed E-state index contributed by atoms with van der Waals surface area (Å²) in [4.78, 5) is 21.4. The fraction of sp³-hybridized carbons (Fsp3) is 0.421. The highest BCUT2D eigenvalue weighted by atomic mass is 35.5. The number of halogens is 1. The first-order valence-electron chi connectivity index (χ1n) is 8.82. The molecule has 3 rings (SSSR count). The third-order valence-electron chi connectivity index (χ3n) is 4.43. The van der Waals surface area contributed by atoms with Crippen LogP contribution < -0.4 is 15.4 Å². The molecule has 0 aliphatic heterocycles. The van der Waals surface area contributed by atoms with Crippen molar-refractivity contribution in [2.24, 2.45) is 0 Å². The molecule has 2 aromatic rings. The first kappa shape index (κ1) is 18.5. The van der Waals surface area contributed by atoms with E-state index >= 15 is 0 Å². The lowest BCUT2D eigenvalue weighted by atomic mass is 9.96. The van der Waals surface area contributed by atoms with Gasteiger partial charge in [0.05, 0.1) is 12.1 Å². The van der Waals surface area contributed by atoms with Gasteiger partial charge < -0.3 is 15.4 Å². The van der Waals surface area contributed by atoms with Gasteiger partial charge in [-0.1, -0.05) is 30.9 Å². The van der Waals surface area contributed by atoms with Gasteiger partial charge in [0, 0.05) is 17.4 Å². The second-order valence-corrected chi connectivity index (χ2v) is 6.91. The number of anilines is 2. The maximum Gasteiger partial charge on any atom is 0.274 e. The maximum absolute atomic E-state index is 12.6. The fourth-order valence-corrected chi connectivity index (χ4v) is 3.38. The minimum atomic E-state index is -0.302. The van der Waals surface area contributed by atoms with E-state index in [4.69, 9.17) is 16.3 Å². The molecule has 0 radical (unpaired) electrons. The molecule has 26 heavy (non-hydrogen) atoms. The Hall–Kier alpha value is -2.34. The number of benzene rings is 1. The number of amides is 1. The topological polar surface area (TPSA) is 76.1 Å². The number of nitrogens with zero attached hydrogens (tertiary/aromatic N) is 2. The highest BCUT2D eigenvalue weighted by Crippen LogP contribution is 2.27. The van der Waals surface area contributed by atoms with E-state index in [1.165, 1.54) is 19.3 Å². The molecule has 0 saturated heterocycles. The zero-order valence-electron chi connectivity index (χ0n) is 15.0. The smallest absolute Gasteiger partial charge is 0.274 e. The van der Waals surface area contributed by atoms with Crippen LogP contribution in [0.25, 0.3) is 0 Å². The Morgan fingerprint density at radius 3 is 2.65 bits per heavy atom. The molecule has 6 nitrogen and oxygen atoms in total. The number of aromatic nitrogens is 2. The van der Waals surface area contributed by atoms with Crippen LogP contribution in [0, 0.1) is 6.92 Å². The highest BCUT2D eigenvalue weighted by molar-refractivity contribution is 6.32. The Morgan fingerprint density at radius 2 is 1.96 bits per heavy atom. The van der Waals surface area contributed by atoms with Crippen molar-refractivity contribution in [1.29, 1.82) is 0 Å². The lowest BCUT2D eigenvalue weighted by Gasteiger charge is -2.23. The largest absolute Gasteiger partial charge is 0.495 e. The van der Waals surface area contributed by atoms with Crippen molar-refractivity contribution < 1.29 is 9.53 Å². The molecule has 1 aromatic carbocycles. The number of nitrogens with one attached hydrogen (secondary N) is 2. The van der Waals surface area contributed by atoms with E-state index in [1.807, 2.05) is 6.92 Å². The second kappa shape index (κ2) is 8.36. The summed E-state index contributed by atoms with van der Waals surface area (Å²) in [5.41, 5.74) is 1.65. The number of ether oxygens (including phenoxy) is 1. The Bertz CT molecular complexity index is 791. The fourth-order valence-electron chi connectivity index (χ4n) is 3.12. The molecule has 2 N–H and O–H groups in total. The second-order valence-electron chi connectivity index (χ2n) is 6.50. The molecule has 0 bridgehead atoms. The predicted molar refractivity (Wildman–Crippen MR) is 103 cm³/mol. The van der Waals surface area contributed by atoms with Gasteiger partial charge in [-0.2, -0.15) is 0 Å². The summed E-state index contributed by atoms with van der Waals surface area (Å²) in [6.45, 7) is 1.86. The Kier molecular flexibility index (Phi) is 5.93. The first-order valence-corrected chi connectivity index (χ1v) is 9.20. The van der Waals surface area contributed by atoms with Gasteiger partial charge in [0.25, 0.3) is 5.91 Å². The molecule has 0 atom stereocenters. The van der Waals surface area contributed by atoms with E-state index in [9.17, 15) is 4.79 Å². The van der Waals surface area contributed by atoms with Crippen molar-refractivity contribution in [3.05, 3.63) is 40.7 Å². The van der Waals surface area contributed by atoms with E-state index in [1.54, 1.807) is 31.4 Å². The van der Waals surface area contributed by atoms with E-state index in [0.29, 0.717) is 34.1 Å². The van der Waals surface area contributed by atoms with Crippen LogP contribution in [-0.4, -0.2) is 29.0 Å². The van der Waals surface area contributed by atoms with Crippen LogP contribution in [-0.2, 0) is 0 Å². The van der Waals surface area contributed by atoms with Gasteiger partial charge in [0.1, 0.15) is 11.4 Å². The maximum atomic E-state index is 12.6. The van der Waals surface area contributed by atoms with Gasteiger partial charge in [-0.05, 0) is 44.0 Å². The number of hydrogen-bond donors (Lipinski definition) is 2. The van der Waals surface area contributed by atoms with Gasteiger partial charge in [0.2, 0.25) is 5.95 Å². The third-order valence-corrected chi connectivity index (χ3v) is 4.73. The average Bonchev–Trinajstić information content (AvgIpc) is 2.62. The number of carbonyl (C=O) groups is 1. The monoisotopic (exact) mass is 374 g/mol. The molecular formula is C19H23ClN4O2. The Morgan fingerprint density at radius 1 is 1.19 bits per heavy atom. The van der Waals surface area contributed by atoms with Gasteiger partial charge in [0.15, 0.2) is 0 Å². The minimum Gasteiger partial charge on any atom is -0.495 e. The average molecular weight is 375 g/mol. The summed E-state index contributed by atoms with van der Waals surface area (Å²) >= 11 is 6.11. The van der Waals surface area contributed by atoms with Gasteiger partial charge in [-0.3, -0.25) is 4.79 Å². The standard InChI is InChI=1S/C19H23ClN4O2/c1-12-10-16(24-19(21-12)23-13-6-4-3-5-7-13)18(25)22-14-8-9-17(26-2)15(20)11-14/h8-11,13H,3-7H2,1-2H3,(H,22,25)(H,21,23,24). The normalized spacial score (nSPS) is 14.7. The summed E-state index contributed by atoms with van der Waals surface area (Å²) < 4.78 is 5.12. The van der Waals surface area contributed by atoms with Crippen LogP contribution in [0.4, 0.5) is 11.6 Å². The summed E-state index contributed by atoms with van der Waals surface area (Å²) in [5.74, 6) is 0.764. The van der Waals surface area contributed by atoms with Crippen molar-refractivity contribution in [1.82, 2.24) is 9.97 Å². The van der Waals surface area contributed by atoms with E-state index < -0.39 is 0 Å². The Labute approximate surface area is 158 Å². The van der Waals surface area contributed by atoms with Crippen molar-refractivity contribution >= 4 is 29.1 Å². The molecule has 0 unspecified atom stereocenters. The molecule has 1 heterocycles. The summed E-state index contributed by atoms with van der Waals surface area (Å²) in [6, 6.07) is 7.14. The van der Waals surface area contributed by atoms with Crippen LogP contribution in [0.5, 0.6) is 5.75 Å². The van der Waals surface area contributed by atoms with Crippen molar-refractivity contribution in [3.8, 4) is 5.75 Å². The molecule has 1 aliphatic carbocycles. The quantitative estimate of drug-likeness (QED) is 0.808. The van der Waals surface area contributed by atoms with Crippen LogP contribution in [0.2, 0.25) is 5.02 Å². The van der Waals surface area contributed by atoms with Gasteiger partial charge >= 0.3 is 0 Å². The van der Waals surface area contributed by atoms with Crippen molar-refractivity contribution in [2.75, 3.05) is 17.7 Å². The predicted octanol–water partition coefficient (Wildman–Crippen LogP) is 4.44. The number of carbonyl (C=O) groups excluding carboxylic acids is 1. The zero-order chi connectivity index (χ0) is 18.5. The lowest BCUT2D eigenvalue weighted by molar-refractivity contribution is 0.102. The molecule has 7 heteroatoms. The van der Waals surface area contributed by atoms with E-state index in [-0.39, 0.29) is 5.91 Å². The molecule has 1 fully saturated rings. The third kappa shape index (κ3) is 4.64. The van der Waals surface area contributed by atoms with E-state index in [0.717, 1.165) is 18.5 Å². The molecule has 0 spiro atoms. The van der Waals surface area contributed by atoms with Gasteiger partial charge in [-0.15, -0.1) is 0 Å². The molecular weight excluding hydrogens is 352 g/mol. The van der Waals surface area contributed by atoms with Crippen LogP contribution in [0.15, 0.2) is 24.3 Å². The summed E-state index contributed by atoms with van der Waals surface area (Å²) in [5, 5.41) is 6.61. The number of rotatable bonds is 5. The van der Waals surface area contributed by atoms with E-state index in [2.05, 4.69) is 20.6 Å². The molecule has 1 aromatic heterocycles. The van der Waals surface area contributed by atoms with Crippen molar-refractivity contribution in [3.63, 3.8) is 0 Å².